The Bertz CT molecular complexity index is 380. The highest BCUT2D eigenvalue weighted by molar-refractivity contribution is 5.72. The largest absolute Gasteiger partial charge is 0.495 e. The van der Waals surface area contributed by atoms with Gasteiger partial charge in [-0.1, -0.05) is 6.07 Å². The molecule has 6 heteroatoms. The Labute approximate surface area is 104 Å². The Morgan fingerprint density at radius 2 is 2.00 bits per heavy atom. The number of alkyl halides is 3. The van der Waals surface area contributed by atoms with Crippen LogP contribution < -0.4 is 15.8 Å². The normalized spacial score (nSPS) is 11.3. The van der Waals surface area contributed by atoms with E-state index in [2.05, 4.69) is 5.32 Å². The van der Waals surface area contributed by atoms with Gasteiger partial charge in [-0.05, 0) is 25.0 Å². The van der Waals surface area contributed by atoms with Crippen molar-refractivity contribution in [2.75, 3.05) is 24.7 Å². The summed E-state index contributed by atoms with van der Waals surface area (Å²) in [6.07, 6.45) is -4.27. The van der Waals surface area contributed by atoms with Crippen molar-refractivity contribution in [1.82, 2.24) is 0 Å². The van der Waals surface area contributed by atoms with Crippen molar-refractivity contribution in [2.45, 2.75) is 25.4 Å². The fourth-order valence-corrected chi connectivity index (χ4v) is 1.55. The van der Waals surface area contributed by atoms with E-state index in [1.54, 1.807) is 18.2 Å². The van der Waals surface area contributed by atoms with Crippen LogP contribution >= 0.6 is 0 Å². The zero-order valence-corrected chi connectivity index (χ0v) is 10.2. The molecule has 18 heavy (non-hydrogen) atoms. The molecular formula is C12H17F3N2O. The minimum Gasteiger partial charge on any atom is -0.495 e. The van der Waals surface area contributed by atoms with Crippen molar-refractivity contribution >= 4 is 11.4 Å². The number of nitrogens with two attached hydrogens (primary N) is 1. The van der Waals surface area contributed by atoms with E-state index >= 15 is 0 Å². The third kappa shape index (κ3) is 4.73. The van der Waals surface area contributed by atoms with E-state index in [1.165, 1.54) is 7.11 Å². The van der Waals surface area contributed by atoms with Crippen molar-refractivity contribution in [3.63, 3.8) is 0 Å². The van der Waals surface area contributed by atoms with Gasteiger partial charge in [0.15, 0.2) is 0 Å². The average Bonchev–Trinajstić information content (AvgIpc) is 2.29. The van der Waals surface area contributed by atoms with Crippen LogP contribution in [0.2, 0.25) is 0 Å². The molecule has 1 rings (SSSR count). The van der Waals surface area contributed by atoms with Gasteiger partial charge in [0.05, 0.1) is 18.5 Å². The molecule has 0 fully saturated rings. The standard InChI is InChI=1S/C12H17F3N2O/c1-18-10-6-4-5-9(11(10)16)17-8-3-2-7-12(13,14)15/h4-6,17H,2-3,7-8,16H2,1H3. The summed E-state index contributed by atoms with van der Waals surface area (Å²) in [6.45, 7) is 0.452. The molecule has 1 aromatic carbocycles. The van der Waals surface area contributed by atoms with Crippen LogP contribution in [0.15, 0.2) is 18.2 Å². The quantitative estimate of drug-likeness (QED) is 0.610. The molecule has 1 aromatic rings. The van der Waals surface area contributed by atoms with Crippen LogP contribution in [0.25, 0.3) is 0 Å². The minimum atomic E-state index is -4.07. The smallest absolute Gasteiger partial charge is 0.389 e. The van der Waals surface area contributed by atoms with E-state index in [1.807, 2.05) is 0 Å². The van der Waals surface area contributed by atoms with E-state index in [4.69, 9.17) is 10.5 Å². The Balaban J connectivity index is 2.36. The first-order chi connectivity index (χ1) is 8.44. The Morgan fingerprint density at radius 3 is 2.61 bits per heavy atom. The summed E-state index contributed by atoms with van der Waals surface area (Å²) >= 11 is 0. The summed E-state index contributed by atoms with van der Waals surface area (Å²) in [7, 11) is 1.51. The van der Waals surface area contributed by atoms with E-state index in [9.17, 15) is 13.2 Å². The average molecular weight is 262 g/mol. The molecule has 0 aliphatic heterocycles. The van der Waals surface area contributed by atoms with Crippen LogP contribution in [0.1, 0.15) is 19.3 Å². The zero-order valence-electron chi connectivity index (χ0n) is 10.2. The van der Waals surface area contributed by atoms with Gasteiger partial charge in [0.2, 0.25) is 0 Å². The molecule has 0 saturated carbocycles. The van der Waals surface area contributed by atoms with Crippen LogP contribution in [-0.2, 0) is 0 Å². The lowest BCUT2D eigenvalue weighted by atomic mass is 10.2. The van der Waals surface area contributed by atoms with Crippen molar-refractivity contribution in [3.8, 4) is 5.75 Å². The number of para-hydroxylation sites is 1. The van der Waals surface area contributed by atoms with Crippen LogP contribution in [-0.4, -0.2) is 19.8 Å². The molecular weight excluding hydrogens is 245 g/mol. The van der Waals surface area contributed by atoms with E-state index in [0.717, 1.165) is 0 Å². The summed E-state index contributed by atoms with van der Waals surface area (Å²) < 4.78 is 40.8. The van der Waals surface area contributed by atoms with Crippen LogP contribution in [0.5, 0.6) is 5.75 Å². The van der Waals surface area contributed by atoms with Gasteiger partial charge in [0.25, 0.3) is 0 Å². The Hall–Kier alpha value is -1.59. The highest BCUT2D eigenvalue weighted by atomic mass is 19.4. The molecule has 3 nitrogen and oxygen atoms in total. The summed E-state index contributed by atoms with van der Waals surface area (Å²) in [5.41, 5.74) is 6.96. The molecule has 102 valence electrons. The number of anilines is 2. The molecule has 3 N–H and O–H groups in total. The topological polar surface area (TPSA) is 47.3 Å². The lowest BCUT2D eigenvalue weighted by molar-refractivity contribution is -0.135. The van der Waals surface area contributed by atoms with Crippen molar-refractivity contribution in [3.05, 3.63) is 18.2 Å². The number of methoxy groups -OCH3 is 1. The molecule has 0 saturated heterocycles. The molecule has 0 heterocycles. The molecule has 0 atom stereocenters. The first kappa shape index (κ1) is 14.5. The van der Waals surface area contributed by atoms with Gasteiger partial charge in [0, 0.05) is 13.0 Å². The molecule has 0 aliphatic rings. The fourth-order valence-electron chi connectivity index (χ4n) is 1.55. The second-order valence-corrected chi connectivity index (χ2v) is 3.92. The highest BCUT2D eigenvalue weighted by Crippen LogP contribution is 2.29. The molecule has 0 radical (unpaired) electrons. The monoisotopic (exact) mass is 262 g/mol. The second-order valence-electron chi connectivity index (χ2n) is 3.92. The Morgan fingerprint density at radius 1 is 1.28 bits per heavy atom. The third-order valence-corrected chi connectivity index (χ3v) is 2.49. The first-order valence-electron chi connectivity index (χ1n) is 5.67. The van der Waals surface area contributed by atoms with E-state index in [0.29, 0.717) is 30.1 Å². The SMILES string of the molecule is COc1cccc(NCCCCC(F)(F)F)c1N. The number of nitrogens with one attached hydrogen (secondary N) is 1. The van der Waals surface area contributed by atoms with E-state index < -0.39 is 12.6 Å². The van der Waals surface area contributed by atoms with Gasteiger partial charge >= 0.3 is 6.18 Å². The van der Waals surface area contributed by atoms with Crippen molar-refractivity contribution in [1.29, 1.82) is 0 Å². The van der Waals surface area contributed by atoms with Crippen LogP contribution in [0, 0.1) is 0 Å². The number of halogens is 3. The molecule has 0 unspecified atom stereocenters. The van der Waals surface area contributed by atoms with Crippen LogP contribution in [0.4, 0.5) is 24.5 Å². The number of hydrogen-bond acceptors (Lipinski definition) is 3. The number of unbranched alkanes of at least 4 members (excludes halogenated alkanes) is 1. The van der Waals surface area contributed by atoms with Gasteiger partial charge in [-0.2, -0.15) is 13.2 Å². The van der Waals surface area contributed by atoms with Gasteiger partial charge < -0.3 is 15.8 Å². The van der Waals surface area contributed by atoms with E-state index in [-0.39, 0.29) is 6.42 Å². The summed E-state index contributed by atoms with van der Waals surface area (Å²) in [6, 6.07) is 5.26. The predicted molar refractivity (Wildman–Crippen MR) is 65.8 cm³/mol. The number of benzene rings is 1. The third-order valence-electron chi connectivity index (χ3n) is 2.49. The van der Waals surface area contributed by atoms with Gasteiger partial charge in [-0.15, -0.1) is 0 Å². The minimum absolute atomic E-state index is 0.111. The maximum absolute atomic E-state index is 11.9. The highest BCUT2D eigenvalue weighted by Gasteiger charge is 2.25. The lowest BCUT2D eigenvalue weighted by Crippen LogP contribution is -2.09. The molecule has 0 amide bonds. The van der Waals surface area contributed by atoms with Gasteiger partial charge in [0.1, 0.15) is 5.75 Å². The number of nitrogen functional groups attached to an aromatic ring is 1. The number of ether oxygens (including phenoxy) is 1. The van der Waals surface area contributed by atoms with Crippen molar-refractivity contribution in [2.24, 2.45) is 0 Å². The van der Waals surface area contributed by atoms with Gasteiger partial charge in [-0.25, -0.2) is 0 Å². The summed E-state index contributed by atoms with van der Waals surface area (Å²) in [4.78, 5) is 0. The summed E-state index contributed by atoms with van der Waals surface area (Å²) in [5, 5.41) is 3.00. The molecule has 0 aliphatic carbocycles. The maximum atomic E-state index is 11.9. The molecule has 0 bridgehead atoms. The fraction of sp³-hybridized carbons (Fsp3) is 0.500. The Kier molecular flexibility index (Phi) is 5.12. The maximum Gasteiger partial charge on any atom is 0.389 e. The second kappa shape index (κ2) is 6.37. The summed E-state index contributed by atoms with van der Waals surface area (Å²) in [5.74, 6) is 0.551. The van der Waals surface area contributed by atoms with Crippen LogP contribution in [0.3, 0.4) is 0 Å². The molecule has 0 spiro atoms. The number of hydrogen-bond donors (Lipinski definition) is 2. The predicted octanol–water partition coefficient (Wildman–Crippen LogP) is 3.42. The first-order valence-corrected chi connectivity index (χ1v) is 5.67. The van der Waals surface area contributed by atoms with Gasteiger partial charge in [-0.3, -0.25) is 0 Å². The number of rotatable bonds is 6. The zero-order chi connectivity index (χ0) is 13.6. The molecule has 0 aromatic heterocycles. The lowest BCUT2D eigenvalue weighted by Gasteiger charge is -2.12. The van der Waals surface area contributed by atoms with Crippen molar-refractivity contribution < 1.29 is 17.9 Å².